The maximum absolute atomic E-state index is 13.9. The minimum atomic E-state index is -4.49. The molecule has 3 rings (SSSR count). The first-order chi connectivity index (χ1) is 14.7. The molecule has 3 aromatic carbocycles. The van der Waals surface area contributed by atoms with Gasteiger partial charge in [-0.05, 0) is 42.0 Å². The Morgan fingerprint density at radius 1 is 0.839 bits per heavy atom. The van der Waals surface area contributed by atoms with Gasteiger partial charge in [-0.1, -0.05) is 42.5 Å². The van der Waals surface area contributed by atoms with Gasteiger partial charge in [-0.3, -0.25) is 9.59 Å². The monoisotopic (exact) mass is 430 g/mol. The van der Waals surface area contributed by atoms with E-state index >= 15 is 0 Å². The molecule has 0 saturated carbocycles. The number of halogens is 4. The van der Waals surface area contributed by atoms with Gasteiger partial charge in [0.05, 0.1) is 11.1 Å². The van der Waals surface area contributed by atoms with Crippen LogP contribution in [0.5, 0.6) is 0 Å². The SMILES string of the molecule is O=C(NC(Cc1ccccc1)C(=O)Nc1ccc(C(F)(F)F)cc1)c1ccccc1F. The van der Waals surface area contributed by atoms with Crippen molar-refractivity contribution in [2.24, 2.45) is 0 Å². The Labute approximate surface area is 175 Å². The van der Waals surface area contributed by atoms with E-state index in [2.05, 4.69) is 10.6 Å². The van der Waals surface area contributed by atoms with Crippen LogP contribution in [-0.2, 0) is 17.4 Å². The lowest BCUT2D eigenvalue weighted by molar-refractivity contribution is -0.137. The van der Waals surface area contributed by atoms with Gasteiger partial charge in [-0.15, -0.1) is 0 Å². The number of amides is 2. The van der Waals surface area contributed by atoms with Crippen molar-refractivity contribution in [3.8, 4) is 0 Å². The number of carbonyl (C=O) groups is 2. The molecule has 0 aliphatic carbocycles. The molecule has 2 amide bonds. The van der Waals surface area contributed by atoms with Gasteiger partial charge in [0.15, 0.2) is 0 Å². The van der Waals surface area contributed by atoms with Crippen molar-refractivity contribution >= 4 is 17.5 Å². The summed E-state index contributed by atoms with van der Waals surface area (Å²) in [6.45, 7) is 0. The standard InChI is InChI=1S/C23H18F4N2O2/c24-19-9-5-4-8-18(19)21(30)29-20(14-15-6-2-1-3-7-15)22(31)28-17-12-10-16(11-13-17)23(25,26)27/h1-13,20H,14H2,(H,28,31)(H,29,30). The van der Waals surface area contributed by atoms with E-state index in [4.69, 9.17) is 0 Å². The van der Waals surface area contributed by atoms with Crippen LogP contribution in [0.3, 0.4) is 0 Å². The third-order valence-corrected chi connectivity index (χ3v) is 4.50. The van der Waals surface area contributed by atoms with Gasteiger partial charge >= 0.3 is 6.18 Å². The Morgan fingerprint density at radius 3 is 2.06 bits per heavy atom. The number of nitrogens with one attached hydrogen (secondary N) is 2. The lowest BCUT2D eigenvalue weighted by Crippen LogP contribution is -2.45. The maximum Gasteiger partial charge on any atom is 0.416 e. The molecule has 2 N–H and O–H groups in total. The van der Waals surface area contributed by atoms with Crippen LogP contribution < -0.4 is 10.6 Å². The van der Waals surface area contributed by atoms with Crippen LogP contribution in [0.4, 0.5) is 23.2 Å². The molecule has 0 aliphatic heterocycles. The molecule has 160 valence electrons. The quantitative estimate of drug-likeness (QED) is 0.551. The normalized spacial score (nSPS) is 12.1. The molecule has 0 fully saturated rings. The molecule has 1 unspecified atom stereocenters. The summed E-state index contributed by atoms with van der Waals surface area (Å²) in [6, 6.07) is 17.0. The van der Waals surface area contributed by atoms with Gasteiger partial charge in [-0.25, -0.2) is 4.39 Å². The van der Waals surface area contributed by atoms with Crippen molar-refractivity contribution in [3.05, 3.63) is 101 Å². The highest BCUT2D eigenvalue weighted by Crippen LogP contribution is 2.29. The predicted octanol–water partition coefficient (Wildman–Crippen LogP) is 4.82. The van der Waals surface area contributed by atoms with E-state index in [0.29, 0.717) is 0 Å². The highest BCUT2D eigenvalue weighted by Gasteiger charge is 2.30. The Hall–Kier alpha value is -3.68. The highest BCUT2D eigenvalue weighted by atomic mass is 19.4. The number of anilines is 1. The molecular weight excluding hydrogens is 412 g/mol. The lowest BCUT2D eigenvalue weighted by atomic mass is 10.0. The van der Waals surface area contributed by atoms with Crippen LogP contribution in [-0.4, -0.2) is 17.9 Å². The third kappa shape index (κ3) is 5.91. The molecule has 0 aliphatic rings. The molecule has 0 bridgehead atoms. The molecule has 31 heavy (non-hydrogen) atoms. The summed E-state index contributed by atoms with van der Waals surface area (Å²) in [7, 11) is 0. The molecule has 1 atom stereocenters. The Kier molecular flexibility index (Phi) is 6.69. The van der Waals surface area contributed by atoms with Gasteiger partial charge in [0.1, 0.15) is 11.9 Å². The number of alkyl halides is 3. The molecule has 3 aromatic rings. The summed E-state index contributed by atoms with van der Waals surface area (Å²) < 4.78 is 52.1. The summed E-state index contributed by atoms with van der Waals surface area (Å²) in [4.78, 5) is 25.3. The zero-order chi connectivity index (χ0) is 22.4. The molecular formula is C23H18F4N2O2. The van der Waals surface area contributed by atoms with E-state index in [1.807, 2.05) is 0 Å². The van der Waals surface area contributed by atoms with Gasteiger partial charge in [0.2, 0.25) is 5.91 Å². The third-order valence-electron chi connectivity index (χ3n) is 4.50. The van der Waals surface area contributed by atoms with Gasteiger partial charge in [-0.2, -0.15) is 13.2 Å². The van der Waals surface area contributed by atoms with Crippen molar-refractivity contribution in [1.29, 1.82) is 0 Å². The Balaban J connectivity index is 1.79. The smallest absolute Gasteiger partial charge is 0.340 e. The molecule has 0 saturated heterocycles. The van der Waals surface area contributed by atoms with E-state index < -0.39 is 35.4 Å². The largest absolute Gasteiger partial charge is 0.416 e. The van der Waals surface area contributed by atoms with Crippen LogP contribution in [0, 0.1) is 5.82 Å². The van der Waals surface area contributed by atoms with Gasteiger partial charge < -0.3 is 10.6 Å². The first kappa shape index (κ1) is 22.0. The van der Waals surface area contributed by atoms with E-state index in [-0.39, 0.29) is 17.7 Å². The minimum absolute atomic E-state index is 0.105. The first-order valence-corrected chi connectivity index (χ1v) is 9.31. The van der Waals surface area contributed by atoms with Crippen molar-refractivity contribution < 1.29 is 27.2 Å². The van der Waals surface area contributed by atoms with Crippen molar-refractivity contribution in [2.45, 2.75) is 18.6 Å². The van der Waals surface area contributed by atoms with Crippen LogP contribution in [0.15, 0.2) is 78.9 Å². The summed E-state index contributed by atoms with van der Waals surface area (Å²) in [5.41, 5.74) is -0.192. The number of benzene rings is 3. The average molecular weight is 430 g/mol. The second-order valence-corrected chi connectivity index (χ2v) is 6.76. The minimum Gasteiger partial charge on any atom is -0.340 e. The molecule has 8 heteroatoms. The average Bonchev–Trinajstić information content (AvgIpc) is 2.74. The highest BCUT2D eigenvalue weighted by molar-refractivity contribution is 6.01. The summed E-state index contributed by atoms with van der Waals surface area (Å²) in [5.74, 6) is -2.16. The van der Waals surface area contributed by atoms with Gasteiger partial charge in [0, 0.05) is 12.1 Å². The maximum atomic E-state index is 13.9. The topological polar surface area (TPSA) is 58.2 Å². The number of carbonyl (C=O) groups excluding carboxylic acids is 2. The Bertz CT molecular complexity index is 1050. The van der Waals surface area contributed by atoms with E-state index in [1.165, 1.54) is 18.2 Å². The summed E-state index contributed by atoms with van der Waals surface area (Å²) in [6.07, 6.45) is -4.39. The zero-order valence-electron chi connectivity index (χ0n) is 16.1. The van der Waals surface area contributed by atoms with Crippen LogP contribution in [0.2, 0.25) is 0 Å². The lowest BCUT2D eigenvalue weighted by Gasteiger charge is -2.19. The van der Waals surface area contributed by atoms with Crippen molar-refractivity contribution in [3.63, 3.8) is 0 Å². The van der Waals surface area contributed by atoms with Gasteiger partial charge in [0.25, 0.3) is 5.91 Å². The fraction of sp³-hybridized carbons (Fsp3) is 0.130. The molecule has 0 radical (unpaired) electrons. The number of hydrogen-bond donors (Lipinski definition) is 2. The van der Waals surface area contributed by atoms with Crippen molar-refractivity contribution in [2.75, 3.05) is 5.32 Å². The molecule has 0 aromatic heterocycles. The second-order valence-electron chi connectivity index (χ2n) is 6.76. The summed E-state index contributed by atoms with van der Waals surface area (Å²) in [5, 5.41) is 5.00. The van der Waals surface area contributed by atoms with Crippen LogP contribution in [0.1, 0.15) is 21.5 Å². The van der Waals surface area contributed by atoms with Crippen LogP contribution >= 0.6 is 0 Å². The van der Waals surface area contributed by atoms with Crippen molar-refractivity contribution in [1.82, 2.24) is 5.32 Å². The van der Waals surface area contributed by atoms with E-state index in [0.717, 1.165) is 35.9 Å². The summed E-state index contributed by atoms with van der Waals surface area (Å²) >= 11 is 0. The zero-order valence-corrected chi connectivity index (χ0v) is 16.1. The number of hydrogen-bond acceptors (Lipinski definition) is 2. The number of rotatable bonds is 6. The fourth-order valence-electron chi connectivity index (χ4n) is 2.91. The second kappa shape index (κ2) is 9.42. The van der Waals surface area contributed by atoms with Crippen LogP contribution in [0.25, 0.3) is 0 Å². The first-order valence-electron chi connectivity index (χ1n) is 9.31. The predicted molar refractivity (Wildman–Crippen MR) is 108 cm³/mol. The fourth-order valence-corrected chi connectivity index (χ4v) is 2.91. The molecule has 0 heterocycles. The van der Waals surface area contributed by atoms with E-state index in [1.54, 1.807) is 30.3 Å². The Morgan fingerprint density at radius 2 is 1.45 bits per heavy atom. The molecule has 4 nitrogen and oxygen atoms in total. The molecule has 0 spiro atoms. The van der Waals surface area contributed by atoms with E-state index in [9.17, 15) is 27.2 Å².